The smallest absolute Gasteiger partial charge is 0.316 e. The van der Waals surface area contributed by atoms with Crippen LogP contribution in [0.2, 0.25) is 0 Å². The molecule has 0 unspecified atom stereocenters. The number of rotatable bonds is 2. The molecule has 1 aromatic carbocycles. The molecule has 0 fully saturated rings. The second-order valence-electron chi connectivity index (χ2n) is 7.56. The van der Waals surface area contributed by atoms with Gasteiger partial charge in [-0.3, -0.25) is 4.79 Å². The number of carbonyl (C=O) groups is 1. The van der Waals surface area contributed by atoms with Crippen LogP contribution in [-0.4, -0.2) is 5.97 Å². The van der Waals surface area contributed by atoms with E-state index in [0.29, 0.717) is 17.3 Å². The van der Waals surface area contributed by atoms with E-state index in [1.165, 1.54) is 0 Å². The van der Waals surface area contributed by atoms with E-state index in [9.17, 15) is 4.79 Å². The van der Waals surface area contributed by atoms with Crippen LogP contribution in [0, 0.1) is 5.41 Å². The van der Waals surface area contributed by atoms with Gasteiger partial charge in [0.1, 0.15) is 5.76 Å². The van der Waals surface area contributed by atoms with Crippen LogP contribution >= 0.6 is 0 Å². The van der Waals surface area contributed by atoms with Crippen LogP contribution in [0.3, 0.4) is 0 Å². The highest BCUT2D eigenvalue weighted by molar-refractivity contribution is 5.78. The van der Waals surface area contributed by atoms with Gasteiger partial charge in [-0.1, -0.05) is 51.1 Å². The summed E-state index contributed by atoms with van der Waals surface area (Å²) >= 11 is 0. The molecule has 2 aromatic rings. The molecule has 22 heavy (non-hydrogen) atoms. The molecule has 0 spiro atoms. The average Bonchev–Trinajstić information content (AvgIpc) is 2.82. The zero-order valence-electron chi connectivity index (χ0n) is 14.2. The lowest BCUT2D eigenvalue weighted by atomic mass is 9.92. The maximum Gasteiger partial charge on any atom is 0.316 e. The van der Waals surface area contributed by atoms with E-state index in [1.807, 2.05) is 71.9 Å². The Morgan fingerprint density at radius 1 is 1.00 bits per heavy atom. The van der Waals surface area contributed by atoms with Crippen LogP contribution in [0.25, 0.3) is 11.3 Å². The minimum Gasteiger partial charge on any atom is -0.456 e. The van der Waals surface area contributed by atoms with Gasteiger partial charge in [0.25, 0.3) is 0 Å². The van der Waals surface area contributed by atoms with E-state index < -0.39 is 5.41 Å². The molecular formula is C19H24O3. The van der Waals surface area contributed by atoms with Crippen molar-refractivity contribution in [3.05, 3.63) is 42.2 Å². The van der Waals surface area contributed by atoms with Crippen LogP contribution in [0.15, 0.2) is 40.8 Å². The van der Waals surface area contributed by atoms with Crippen molar-refractivity contribution in [1.82, 2.24) is 0 Å². The standard InChI is InChI=1S/C19H24O3/c1-18(2,3)16-15(22-17(20)19(4,5)6)12-14(21-16)13-10-8-7-9-11-13/h7-12H,1-6H3. The van der Waals surface area contributed by atoms with Gasteiger partial charge in [-0.2, -0.15) is 0 Å². The van der Waals surface area contributed by atoms with Gasteiger partial charge >= 0.3 is 5.97 Å². The maximum absolute atomic E-state index is 12.2. The number of hydrogen-bond acceptors (Lipinski definition) is 3. The molecule has 3 nitrogen and oxygen atoms in total. The van der Waals surface area contributed by atoms with Gasteiger partial charge in [-0.25, -0.2) is 0 Å². The Balaban J connectivity index is 2.44. The highest BCUT2D eigenvalue weighted by Gasteiger charge is 2.30. The molecule has 1 heterocycles. The van der Waals surface area contributed by atoms with E-state index in [-0.39, 0.29) is 11.4 Å². The Bertz CT molecular complexity index is 652. The summed E-state index contributed by atoms with van der Waals surface area (Å²) in [5, 5.41) is 0. The van der Waals surface area contributed by atoms with Gasteiger partial charge in [-0.15, -0.1) is 0 Å². The third-order valence-electron chi connectivity index (χ3n) is 3.25. The third-order valence-corrected chi connectivity index (χ3v) is 3.25. The molecule has 0 atom stereocenters. The number of esters is 1. The Morgan fingerprint density at radius 3 is 2.09 bits per heavy atom. The van der Waals surface area contributed by atoms with Gasteiger partial charge in [0.15, 0.2) is 11.5 Å². The normalized spacial score (nSPS) is 12.3. The lowest BCUT2D eigenvalue weighted by molar-refractivity contribution is -0.143. The van der Waals surface area contributed by atoms with Crippen LogP contribution in [-0.2, 0) is 10.2 Å². The maximum atomic E-state index is 12.2. The number of carbonyl (C=O) groups excluding carboxylic acids is 1. The lowest BCUT2D eigenvalue weighted by Gasteiger charge is -2.20. The minimum absolute atomic E-state index is 0.249. The zero-order chi connectivity index (χ0) is 16.5. The first-order chi connectivity index (χ1) is 10.1. The molecule has 2 rings (SSSR count). The summed E-state index contributed by atoms with van der Waals surface area (Å²) in [6.07, 6.45) is 0. The molecule has 0 amide bonds. The highest BCUT2D eigenvalue weighted by Crippen LogP contribution is 2.39. The molecule has 118 valence electrons. The van der Waals surface area contributed by atoms with Gasteiger partial charge in [0.05, 0.1) is 5.41 Å². The first-order valence-corrected chi connectivity index (χ1v) is 7.51. The Labute approximate surface area is 132 Å². The number of hydrogen-bond donors (Lipinski definition) is 0. The third kappa shape index (κ3) is 3.59. The van der Waals surface area contributed by atoms with Crippen LogP contribution < -0.4 is 4.74 Å². The largest absolute Gasteiger partial charge is 0.456 e. The van der Waals surface area contributed by atoms with Crippen molar-refractivity contribution in [2.24, 2.45) is 5.41 Å². The topological polar surface area (TPSA) is 39.4 Å². The Kier molecular flexibility index (Phi) is 4.19. The summed E-state index contributed by atoms with van der Waals surface area (Å²) in [5.74, 6) is 1.64. The predicted molar refractivity (Wildman–Crippen MR) is 87.9 cm³/mol. The van der Waals surface area contributed by atoms with Crippen molar-refractivity contribution in [1.29, 1.82) is 0 Å². The summed E-state index contributed by atoms with van der Waals surface area (Å²) in [7, 11) is 0. The van der Waals surface area contributed by atoms with Crippen molar-refractivity contribution < 1.29 is 13.9 Å². The summed E-state index contributed by atoms with van der Waals surface area (Å²) in [6.45, 7) is 11.6. The molecule has 1 aromatic heterocycles. The molecule has 3 heteroatoms. The fourth-order valence-corrected chi connectivity index (χ4v) is 1.97. The van der Waals surface area contributed by atoms with Crippen LogP contribution in [0.4, 0.5) is 0 Å². The second-order valence-corrected chi connectivity index (χ2v) is 7.56. The monoisotopic (exact) mass is 300 g/mol. The molecule has 0 N–H and O–H groups in total. The van der Waals surface area contributed by atoms with E-state index >= 15 is 0 Å². The van der Waals surface area contributed by atoms with E-state index in [0.717, 1.165) is 5.56 Å². The van der Waals surface area contributed by atoms with Gasteiger partial charge in [0, 0.05) is 17.0 Å². The number of furan rings is 1. The summed E-state index contributed by atoms with van der Waals surface area (Å²) in [4.78, 5) is 12.2. The summed E-state index contributed by atoms with van der Waals surface area (Å²) in [6, 6.07) is 11.6. The zero-order valence-corrected chi connectivity index (χ0v) is 14.2. The summed E-state index contributed by atoms with van der Waals surface area (Å²) in [5.41, 5.74) is 0.158. The van der Waals surface area contributed by atoms with Crippen molar-refractivity contribution in [3.8, 4) is 17.1 Å². The van der Waals surface area contributed by atoms with Crippen molar-refractivity contribution >= 4 is 5.97 Å². The molecule has 0 saturated heterocycles. The molecule has 0 radical (unpaired) electrons. The first kappa shape index (κ1) is 16.3. The molecule has 0 bridgehead atoms. The lowest BCUT2D eigenvalue weighted by Crippen LogP contribution is -2.26. The van der Waals surface area contributed by atoms with Crippen molar-refractivity contribution in [2.45, 2.75) is 47.0 Å². The van der Waals surface area contributed by atoms with E-state index in [4.69, 9.17) is 9.15 Å². The second kappa shape index (κ2) is 5.64. The quantitative estimate of drug-likeness (QED) is 0.716. The Hall–Kier alpha value is -2.03. The predicted octanol–water partition coefficient (Wildman–Crippen LogP) is 5.20. The number of ether oxygens (including phenoxy) is 1. The molecule has 0 aliphatic carbocycles. The van der Waals surface area contributed by atoms with E-state index in [1.54, 1.807) is 6.07 Å². The van der Waals surface area contributed by atoms with Crippen LogP contribution in [0.5, 0.6) is 5.75 Å². The summed E-state index contributed by atoms with van der Waals surface area (Å²) < 4.78 is 11.6. The SMILES string of the molecule is CC(C)(C)C(=O)Oc1cc(-c2ccccc2)oc1C(C)(C)C. The van der Waals surface area contributed by atoms with Gasteiger partial charge in [0.2, 0.25) is 0 Å². The minimum atomic E-state index is -0.556. The molecule has 0 aliphatic rings. The van der Waals surface area contributed by atoms with Crippen molar-refractivity contribution in [3.63, 3.8) is 0 Å². The van der Waals surface area contributed by atoms with E-state index in [2.05, 4.69) is 0 Å². The molecule has 0 aliphatic heterocycles. The van der Waals surface area contributed by atoms with Gasteiger partial charge < -0.3 is 9.15 Å². The van der Waals surface area contributed by atoms with Crippen LogP contribution in [0.1, 0.15) is 47.3 Å². The fourth-order valence-electron chi connectivity index (χ4n) is 1.97. The molecule has 0 saturated carbocycles. The Morgan fingerprint density at radius 2 is 1.59 bits per heavy atom. The highest BCUT2D eigenvalue weighted by atomic mass is 16.5. The fraction of sp³-hybridized carbons (Fsp3) is 0.421. The first-order valence-electron chi connectivity index (χ1n) is 7.51. The number of benzene rings is 1. The average molecular weight is 300 g/mol. The van der Waals surface area contributed by atoms with Crippen molar-refractivity contribution in [2.75, 3.05) is 0 Å². The van der Waals surface area contributed by atoms with Gasteiger partial charge in [-0.05, 0) is 20.8 Å². The molecular weight excluding hydrogens is 276 g/mol.